The van der Waals surface area contributed by atoms with Crippen LogP contribution in [0.2, 0.25) is 0 Å². The molecule has 2 aromatic carbocycles. The van der Waals surface area contributed by atoms with Crippen LogP contribution in [0.1, 0.15) is 48.8 Å². The number of aliphatic hydroxyl groups excluding tert-OH is 1. The first-order valence-corrected chi connectivity index (χ1v) is 14.8. The number of aliphatic hydroxyl groups is 1. The summed E-state index contributed by atoms with van der Waals surface area (Å²) in [5.41, 5.74) is 4.20. The van der Waals surface area contributed by atoms with Gasteiger partial charge in [0.15, 0.2) is 0 Å². The summed E-state index contributed by atoms with van der Waals surface area (Å²) in [7, 11) is 3.36. The van der Waals surface area contributed by atoms with Crippen LogP contribution in [0.4, 0.5) is 10.5 Å². The van der Waals surface area contributed by atoms with E-state index < -0.39 is 12.2 Å². The smallest absolute Gasteiger partial charge is 0.407 e. The highest BCUT2D eigenvalue weighted by atomic mass is 16.5. The molecule has 2 aliphatic rings. The van der Waals surface area contributed by atoms with Gasteiger partial charge in [-0.15, -0.1) is 0 Å². The zero-order chi connectivity index (χ0) is 29.9. The van der Waals surface area contributed by atoms with E-state index in [4.69, 9.17) is 23.7 Å². The van der Waals surface area contributed by atoms with Gasteiger partial charge in [0.2, 0.25) is 0 Å². The van der Waals surface area contributed by atoms with Crippen LogP contribution in [-0.2, 0) is 32.2 Å². The van der Waals surface area contributed by atoms with Crippen molar-refractivity contribution in [3.05, 3.63) is 59.2 Å². The van der Waals surface area contributed by atoms with E-state index in [0.29, 0.717) is 52.5 Å². The number of benzene rings is 2. The van der Waals surface area contributed by atoms with E-state index in [1.54, 1.807) is 21.1 Å². The summed E-state index contributed by atoms with van der Waals surface area (Å²) in [6.07, 6.45) is -0.0705. The second kappa shape index (κ2) is 16.1. The molecule has 0 spiro atoms. The highest BCUT2D eigenvalue weighted by molar-refractivity contribution is 5.66. The molecule has 0 bridgehead atoms. The Bertz CT molecular complexity index is 1110. The first-order valence-electron chi connectivity index (χ1n) is 14.8. The third kappa shape index (κ3) is 8.81. The Morgan fingerprint density at radius 3 is 2.52 bits per heavy atom. The minimum Gasteiger partial charge on any atom is -0.490 e. The molecule has 232 valence electrons. The number of anilines is 1. The molecule has 10 nitrogen and oxygen atoms in total. The summed E-state index contributed by atoms with van der Waals surface area (Å²) in [5, 5.41) is 20.2. The average molecular weight is 587 g/mol. The lowest BCUT2D eigenvalue weighted by atomic mass is 9.81. The maximum Gasteiger partial charge on any atom is 0.407 e. The van der Waals surface area contributed by atoms with Gasteiger partial charge in [-0.05, 0) is 55.0 Å². The largest absolute Gasteiger partial charge is 0.490 e. The molecule has 1 fully saturated rings. The van der Waals surface area contributed by atoms with Crippen molar-refractivity contribution in [3.8, 4) is 5.75 Å². The van der Waals surface area contributed by atoms with Crippen molar-refractivity contribution < 1.29 is 38.7 Å². The number of amides is 1. The van der Waals surface area contributed by atoms with Gasteiger partial charge in [-0.1, -0.05) is 30.3 Å². The van der Waals surface area contributed by atoms with Crippen LogP contribution in [0.5, 0.6) is 5.75 Å². The molecule has 0 unspecified atom stereocenters. The molecule has 1 amide bonds. The van der Waals surface area contributed by atoms with Crippen molar-refractivity contribution in [2.24, 2.45) is 0 Å². The molecule has 0 aliphatic carbocycles. The van der Waals surface area contributed by atoms with Crippen LogP contribution < -0.4 is 9.64 Å². The van der Waals surface area contributed by atoms with Crippen LogP contribution in [0.15, 0.2) is 42.5 Å². The zero-order valence-electron chi connectivity index (χ0n) is 25.1. The third-order valence-corrected chi connectivity index (χ3v) is 7.98. The van der Waals surface area contributed by atoms with Gasteiger partial charge < -0.3 is 43.7 Å². The topological polar surface area (TPSA) is 110 Å². The maximum absolute atomic E-state index is 12.2. The first kappa shape index (κ1) is 32.0. The van der Waals surface area contributed by atoms with Crippen molar-refractivity contribution in [1.82, 2.24) is 4.90 Å². The molecule has 4 atom stereocenters. The monoisotopic (exact) mass is 586 g/mol. The normalized spacial score (nSPS) is 21.1. The standard InChI is InChI=1S/C32H46N2O8/c1-23(35)17-27-19-28(26-8-5-24(6-9-26)21-40-16-15-39-3)31(20-34(27)32(36)37)42-22-25-7-10-30-29(18-25)33(12-14-41-30)11-4-13-38-2/h5-10,18,23,27-28,31,35H,4,11-17,19-22H2,1-3H3,(H,36,37)/t23-,27-,28+,31-/m0/s1. The molecule has 42 heavy (non-hydrogen) atoms. The Hall–Kier alpha value is -2.89. The third-order valence-electron chi connectivity index (χ3n) is 7.98. The minimum absolute atomic E-state index is 0.0284. The van der Waals surface area contributed by atoms with E-state index in [0.717, 1.165) is 47.6 Å². The van der Waals surface area contributed by atoms with Crippen molar-refractivity contribution in [2.45, 2.75) is 63.6 Å². The number of piperidine rings is 1. The van der Waals surface area contributed by atoms with Crippen molar-refractivity contribution in [2.75, 3.05) is 65.2 Å². The fourth-order valence-electron chi connectivity index (χ4n) is 5.85. The van der Waals surface area contributed by atoms with Gasteiger partial charge in [0, 0.05) is 39.3 Å². The fraction of sp³-hybridized carbons (Fsp3) is 0.594. The number of fused-ring (bicyclic) bond motifs is 1. The second-order valence-corrected chi connectivity index (χ2v) is 11.1. The number of nitrogens with zero attached hydrogens (tertiary/aromatic N) is 2. The quantitative estimate of drug-likeness (QED) is 0.296. The molecular weight excluding hydrogens is 540 g/mol. The van der Waals surface area contributed by atoms with Gasteiger partial charge in [-0.3, -0.25) is 0 Å². The van der Waals surface area contributed by atoms with Gasteiger partial charge in [0.05, 0.1) is 57.4 Å². The van der Waals surface area contributed by atoms with Gasteiger partial charge in [-0.2, -0.15) is 0 Å². The summed E-state index contributed by atoms with van der Waals surface area (Å²) in [6.45, 7) is 6.91. The van der Waals surface area contributed by atoms with Crippen LogP contribution in [-0.4, -0.2) is 99.7 Å². The molecule has 0 radical (unpaired) electrons. The number of carboxylic acid groups (broad SMARTS) is 1. The molecule has 0 saturated carbocycles. The van der Waals surface area contributed by atoms with Crippen LogP contribution in [0.25, 0.3) is 0 Å². The van der Waals surface area contributed by atoms with Gasteiger partial charge in [0.25, 0.3) is 0 Å². The predicted molar refractivity (Wildman–Crippen MR) is 159 cm³/mol. The Labute approximate surface area is 249 Å². The number of rotatable bonds is 15. The number of hydrogen-bond donors (Lipinski definition) is 2. The van der Waals surface area contributed by atoms with Crippen LogP contribution in [0, 0.1) is 0 Å². The molecule has 4 rings (SSSR count). The van der Waals surface area contributed by atoms with Crippen molar-refractivity contribution in [1.29, 1.82) is 0 Å². The Morgan fingerprint density at radius 2 is 1.81 bits per heavy atom. The SMILES string of the molecule is COCCCN1CCOc2ccc(CO[C@H]3CN(C(=O)O)[C@@H](C[C@H](C)O)C[C@@H]3c3ccc(COCCOC)cc3)cc21. The second-order valence-electron chi connectivity index (χ2n) is 11.1. The minimum atomic E-state index is -0.992. The van der Waals surface area contributed by atoms with Gasteiger partial charge in [-0.25, -0.2) is 4.79 Å². The summed E-state index contributed by atoms with van der Waals surface area (Å²) < 4.78 is 28.4. The lowest BCUT2D eigenvalue weighted by Gasteiger charge is -2.43. The molecule has 1 saturated heterocycles. The summed E-state index contributed by atoms with van der Waals surface area (Å²) in [6, 6.07) is 14.1. The molecule has 10 heteroatoms. The highest BCUT2D eigenvalue weighted by Crippen LogP contribution is 2.37. The van der Waals surface area contributed by atoms with E-state index in [9.17, 15) is 15.0 Å². The van der Waals surface area contributed by atoms with E-state index in [1.807, 2.05) is 24.3 Å². The van der Waals surface area contributed by atoms with Crippen LogP contribution in [0.3, 0.4) is 0 Å². The highest BCUT2D eigenvalue weighted by Gasteiger charge is 2.39. The number of likely N-dealkylation sites (tertiary alicyclic amines) is 1. The summed E-state index contributed by atoms with van der Waals surface area (Å²) >= 11 is 0. The van der Waals surface area contributed by atoms with Gasteiger partial charge in [0.1, 0.15) is 12.4 Å². The fourth-order valence-corrected chi connectivity index (χ4v) is 5.85. The van der Waals surface area contributed by atoms with Gasteiger partial charge >= 0.3 is 6.09 Å². The van der Waals surface area contributed by atoms with E-state index >= 15 is 0 Å². The van der Waals surface area contributed by atoms with Crippen molar-refractivity contribution >= 4 is 11.8 Å². The number of hydrogen-bond acceptors (Lipinski definition) is 8. The van der Waals surface area contributed by atoms with Crippen LogP contribution >= 0.6 is 0 Å². The molecule has 2 aliphatic heterocycles. The molecule has 0 aromatic heterocycles. The number of ether oxygens (including phenoxy) is 5. The zero-order valence-corrected chi connectivity index (χ0v) is 25.1. The lowest BCUT2D eigenvalue weighted by molar-refractivity contribution is -0.0424. The lowest BCUT2D eigenvalue weighted by Crippen LogP contribution is -2.52. The number of carbonyl (C=O) groups is 1. The first-order chi connectivity index (χ1) is 20.4. The average Bonchev–Trinajstić information content (AvgIpc) is 2.98. The Morgan fingerprint density at radius 1 is 1.05 bits per heavy atom. The predicted octanol–water partition coefficient (Wildman–Crippen LogP) is 4.28. The van der Waals surface area contributed by atoms with Crippen molar-refractivity contribution in [3.63, 3.8) is 0 Å². The van der Waals surface area contributed by atoms with E-state index in [-0.39, 0.29) is 24.6 Å². The molecule has 2 heterocycles. The number of methoxy groups -OCH3 is 2. The molecule has 2 N–H and O–H groups in total. The Balaban J connectivity index is 1.50. The van der Waals surface area contributed by atoms with E-state index in [1.165, 1.54) is 4.90 Å². The molecule has 2 aromatic rings. The van der Waals surface area contributed by atoms with E-state index in [2.05, 4.69) is 23.1 Å². The molecular formula is C32H46N2O8. The Kier molecular flexibility index (Phi) is 12.3. The maximum atomic E-state index is 12.2. The summed E-state index contributed by atoms with van der Waals surface area (Å²) in [4.78, 5) is 16.0. The summed E-state index contributed by atoms with van der Waals surface area (Å²) in [5.74, 6) is 0.835.